The van der Waals surface area contributed by atoms with Crippen LogP contribution in [0.4, 0.5) is 13.2 Å². The summed E-state index contributed by atoms with van der Waals surface area (Å²) in [7, 11) is 0. The zero-order valence-electron chi connectivity index (χ0n) is 14.6. The number of phenolic OH excluding ortho intramolecular Hbond substituents is 1. The van der Waals surface area contributed by atoms with E-state index in [-0.39, 0.29) is 11.7 Å². The zero-order valence-corrected chi connectivity index (χ0v) is 14.6. The molecule has 0 amide bonds. The van der Waals surface area contributed by atoms with Gasteiger partial charge in [0.25, 0.3) is 0 Å². The van der Waals surface area contributed by atoms with Gasteiger partial charge >= 0.3 is 6.18 Å². The Bertz CT molecular complexity index is 785. The van der Waals surface area contributed by atoms with Crippen LogP contribution in [0.1, 0.15) is 24.0 Å². The van der Waals surface area contributed by atoms with E-state index in [2.05, 4.69) is 21.2 Å². The fourth-order valence-corrected chi connectivity index (χ4v) is 3.69. The Morgan fingerprint density at radius 2 is 2.11 bits per heavy atom. The number of halogens is 3. The molecule has 1 saturated heterocycles. The van der Waals surface area contributed by atoms with Crippen molar-refractivity contribution in [1.82, 2.24) is 16.1 Å². The summed E-state index contributed by atoms with van der Waals surface area (Å²) in [6.45, 7) is 2.62. The summed E-state index contributed by atoms with van der Waals surface area (Å²) in [5.41, 5.74) is 4.61. The Balaban J connectivity index is 1.58. The topological polar surface area (TPSA) is 77.9 Å². The minimum Gasteiger partial charge on any atom is -0.507 e. The minimum atomic E-state index is -4.51. The summed E-state index contributed by atoms with van der Waals surface area (Å²) >= 11 is 0. The number of aromatic hydroxyl groups is 1. The van der Waals surface area contributed by atoms with Crippen LogP contribution in [0.3, 0.4) is 0 Å². The molecule has 27 heavy (non-hydrogen) atoms. The molecule has 0 aromatic heterocycles. The van der Waals surface area contributed by atoms with E-state index in [0.29, 0.717) is 25.0 Å². The molecule has 3 aliphatic rings. The van der Waals surface area contributed by atoms with Crippen LogP contribution < -0.4 is 16.1 Å². The molecule has 1 fully saturated rings. The van der Waals surface area contributed by atoms with E-state index in [1.165, 1.54) is 6.07 Å². The van der Waals surface area contributed by atoms with E-state index in [1.54, 1.807) is 0 Å². The Kier molecular flexibility index (Phi) is 4.83. The molecule has 1 aromatic rings. The summed E-state index contributed by atoms with van der Waals surface area (Å²) in [4.78, 5) is 0. The van der Waals surface area contributed by atoms with Crippen molar-refractivity contribution in [3.63, 3.8) is 0 Å². The Labute approximate surface area is 154 Å². The van der Waals surface area contributed by atoms with E-state index in [9.17, 15) is 18.3 Å². The quantitative estimate of drug-likeness (QED) is 0.640. The van der Waals surface area contributed by atoms with Gasteiger partial charge in [-0.25, -0.2) is 0 Å². The number of benzene rings is 1. The maximum atomic E-state index is 12.8. The minimum absolute atomic E-state index is 0.187. The smallest absolute Gasteiger partial charge is 0.416 e. The maximum Gasteiger partial charge on any atom is 0.416 e. The first-order valence-corrected chi connectivity index (χ1v) is 8.94. The number of hydrogen-bond donors (Lipinski definition) is 4. The lowest BCUT2D eigenvalue weighted by atomic mass is 9.95. The van der Waals surface area contributed by atoms with Crippen molar-refractivity contribution in [1.29, 1.82) is 0 Å². The first kappa shape index (κ1) is 18.3. The van der Waals surface area contributed by atoms with E-state index >= 15 is 0 Å². The van der Waals surface area contributed by atoms with Crippen LogP contribution in [0, 0.1) is 0 Å². The molecule has 1 aromatic carbocycles. The molecule has 9 heteroatoms. The van der Waals surface area contributed by atoms with Gasteiger partial charge < -0.3 is 15.2 Å². The number of ether oxygens (including phenoxy) is 1. The van der Waals surface area contributed by atoms with E-state index in [1.807, 2.05) is 0 Å². The molecular weight excluding hydrogens is 361 g/mol. The van der Waals surface area contributed by atoms with Gasteiger partial charge in [-0.2, -0.15) is 18.3 Å². The molecule has 4 N–H and O–H groups in total. The maximum absolute atomic E-state index is 12.8. The standard InChI is InChI=1S/C18H21F3N4O2/c19-18(20,21)10-3-4-12(15(26)6-10)16-13-8-27-9-14(13)17(25-24-16)23-11-2-1-5-22-7-11/h3-4,6,11,17,22-23,25-26H,1-2,5,7-9H2. The lowest BCUT2D eigenvalue weighted by molar-refractivity contribution is -0.137. The second kappa shape index (κ2) is 7.14. The van der Waals surface area contributed by atoms with Gasteiger partial charge in [0.1, 0.15) is 11.9 Å². The molecule has 4 rings (SSSR count). The number of rotatable bonds is 3. The highest BCUT2D eigenvalue weighted by Crippen LogP contribution is 2.35. The summed E-state index contributed by atoms with van der Waals surface area (Å²) < 4.78 is 44.1. The molecule has 0 aliphatic carbocycles. The fourth-order valence-electron chi connectivity index (χ4n) is 3.69. The third-order valence-corrected chi connectivity index (χ3v) is 5.11. The average Bonchev–Trinajstić information content (AvgIpc) is 3.13. The number of hydrogen-bond acceptors (Lipinski definition) is 6. The zero-order chi connectivity index (χ0) is 19.0. The first-order valence-electron chi connectivity index (χ1n) is 8.94. The Morgan fingerprint density at radius 1 is 1.26 bits per heavy atom. The highest BCUT2D eigenvalue weighted by Gasteiger charge is 2.35. The van der Waals surface area contributed by atoms with E-state index in [4.69, 9.17) is 4.74 Å². The summed E-state index contributed by atoms with van der Waals surface area (Å²) in [6.07, 6.45) is -2.54. The number of piperidine rings is 1. The summed E-state index contributed by atoms with van der Waals surface area (Å²) in [5.74, 6) is -0.452. The highest BCUT2D eigenvalue weighted by atomic mass is 19.4. The lowest BCUT2D eigenvalue weighted by Crippen LogP contribution is -2.53. The Hall–Kier alpha value is -2.10. The Morgan fingerprint density at radius 3 is 2.81 bits per heavy atom. The second-order valence-electron chi connectivity index (χ2n) is 6.96. The van der Waals surface area contributed by atoms with Crippen molar-refractivity contribution in [3.8, 4) is 5.75 Å². The van der Waals surface area contributed by atoms with Crippen molar-refractivity contribution in [2.75, 3.05) is 26.3 Å². The molecule has 0 radical (unpaired) electrons. The van der Waals surface area contributed by atoms with Crippen LogP contribution in [0.5, 0.6) is 5.75 Å². The molecule has 146 valence electrons. The predicted octanol–water partition coefficient (Wildman–Crippen LogP) is 1.71. The van der Waals surface area contributed by atoms with Gasteiger partial charge in [0.15, 0.2) is 0 Å². The van der Waals surface area contributed by atoms with Gasteiger partial charge in [0.2, 0.25) is 0 Å². The number of nitrogens with zero attached hydrogens (tertiary/aromatic N) is 1. The van der Waals surface area contributed by atoms with Gasteiger partial charge in [-0.05, 0) is 37.6 Å². The predicted molar refractivity (Wildman–Crippen MR) is 93.4 cm³/mol. The van der Waals surface area contributed by atoms with Gasteiger partial charge in [-0.3, -0.25) is 10.7 Å². The molecule has 0 spiro atoms. The normalized spacial score (nSPS) is 25.8. The highest BCUT2D eigenvalue weighted by molar-refractivity contribution is 6.15. The van der Waals surface area contributed by atoms with Crippen molar-refractivity contribution in [3.05, 3.63) is 40.5 Å². The van der Waals surface area contributed by atoms with Crippen LogP contribution in [-0.4, -0.2) is 49.3 Å². The third kappa shape index (κ3) is 3.67. The van der Waals surface area contributed by atoms with Crippen LogP contribution in [0.25, 0.3) is 0 Å². The second-order valence-corrected chi connectivity index (χ2v) is 6.96. The lowest BCUT2D eigenvalue weighted by Gasteiger charge is -2.32. The van der Waals surface area contributed by atoms with Gasteiger partial charge in [0, 0.05) is 29.3 Å². The van der Waals surface area contributed by atoms with Crippen LogP contribution in [0.2, 0.25) is 0 Å². The average molecular weight is 382 g/mol. The number of hydrazone groups is 1. The monoisotopic (exact) mass is 382 g/mol. The van der Waals surface area contributed by atoms with Crippen molar-refractivity contribution >= 4 is 5.71 Å². The largest absolute Gasteiger partial charge is 0.507 e. The number of phenols is 1. The molecule has 3 heterocycles. The molecule has 3 aliphatic heterocycles. The first-order chi connectivity index (χ1) is 12.9. The summed E-state index contributed by atoms with van der Waals surface area (Å²) in [5, 5.41) is 21.4. The molecule has 2 atom stereocenters. The molecule has 0 bridgehead atoms. The van der Waals surface area contributed by atoms with E-state index < -0.39 is 17.5 Å². The van der Waals surface area contributed by atoms with Crippen molar-refractivity contribution < 1.29 is 23.0 Å². The fraction of sp³-hybridized carbons (Fsp3) is 0.500. The van der Waals surface area contributed by atoms with Crippen LogP contribution in [0.15, 0.2) is 34.4 Å². The third-order valence-electron chi connectivity index (χ3n) is 5.11. The molecule has 0 saturated carbocycles. The van der Waals surface area contributed by atoms with Crippen molar-refractivity contribution in [2.45, 2.75) is 31.2 Å². The SMILES string of the molecule is Oc1cc(C(F)(F)F)ccc1C1=NNC(NC2CCCNC2)C2=C1COC2. The van der Waals surface area contributed by atoms with Crippen molar-refractivity contribution in [2.24, 2.45) is 5.10 Å². The van der Waals surface area contributed by atoms with Crippen LogP contribution >= 0.6 is 0 Å². The van der Waals surface area contributed by atoms with E-state index in [0.717, 1.165) is 49.2 Å². The number of alkyl halides is 3. The molecular formula is C18H21F3N4O2. The molecule has 6 nitrogen and oxygen atoms in total. The van der Waals surface area contributed by atoms with Crippen LogP contribution in [-0.2, 0) is 10.9 Å². The van der Waals surface area contributed by atoms with Gasteiger partial charge in [0.05, 0.1) is 24.5 Å². The summed E-state index contributed by atoms with van der Waals surface area (Å²) in [6, 6.07) is 3.24. The van der Waals surface area contributed by atoms with Gasteiger partial charge in [-0.1, -0.05) is 0 Å². The van der Waals surface area contributed by atoms with Gasteiger partial charge in [-0.15, -0.1) is 0 Å². The molecule has 2 unspecified atom stereocenters. The number of nitrogens with one attached hydrogen (secondary N) is 3.